The van der Waals surface area contributed by atoms with E-state index in [-0.39, 0.29) is 5.92 Å². The summed E-state index contributed by atoms with van der Waals surface area (Å²) in [7, 11) is 0. The summed E-state index contributed by atoms with van der Waals surface area (Å²) in [4.78, 5) is 0. The van der Waals surface area contributed by atoms with Crippen molar-refractivity contribution in [1.82, 2.24) is 5.32 Å². The Labute approximate surface area is 98.0 Å². The number of rotatable bonds is 5. The average Bonchev–Trinajstić information content (AvgIpc) is 2.17. The van der Waals surface area contributed by atoms with Crippen LogP contribution in [0.25, 0.3) is 0 Å². The van der Waals surface area contributed by atoms with Gasteiger partial charge in [0.25, 0.3) is 0 Å². The smallest absolute Gasteiger partial charge is 0.0815 e. The number of ether oxygens (including phenoxy) is 1. The van der Waals surface area contributed by atoms with Gasteiger partial charge in [0.2, 0.25) is 0 Å². The lowest BCUT2D eigenvalue weighted by atomic mass is 9.91. The van der Waals surface area contributed by atoms with Crippen LogP contribution in [-0.4, -0.2) is 47.7 Å². The Morgan fingerprint density at radius 1 is 1.38 bits per heavy atom. The minimum atomic E-state index is -0.721. The van der Waals surface area contributed by atoms with E-state index in [1.165, 1.54) is 0 Å². The van der Waals surface area contributed by atoms with Crippen LogP contribution in [0.1, 0.15) is 33.6 Å². The van der Waals surface area contributed by atoms with E-state index in [4.69, 9.17) is 4.74 Å². The number of aliphatic hydroxyl groups is 2. The van der Waals surface area contributed by atoms with E-state index in [9.17, 15) is 10.2 Å². The van der Waals surface area contributed by atoms with E-state index in [1.54, 1.807) is 0 Å². The fourth-order valence-electron chi connectivity index (χ4n) is 1.68. The second-order valence-electron chi connectivity index (χ2n) is 5.45. The topological polar surface area (TPSA) is 61.7 Å². The molecule has 0 amide bonds. The van der Waals surface area contributed by atoms with Gasteiger partial charge in [-0.15, -0.1) is 0 Å². The molecule has 1 heterocycles. The molecule has 1 atom stereocenters. The van der Waals surface area contributed by atoms with Crippen molar-refractivity contribution in [3.8, 4) is 0 Å². The molecule has 4 nitrogen and oxygen atoms in total. The molecule has 1 fully saturated rings. The summed E-state index contributed by atoms with van der Waals surface area (Å²) in [5.41, 5.74) is -1.38. The molecule has 0 aromatic heterocycles. The van der Waals surface area contributed by atoms with Gasteiger partial charge in [-0.2, -0.15) is 0 Å². The van der Waals surface area contributed by atoms with Gasteiger partial charge in [-0.25, -0.2) is 0 Å². The first-order chi connectivity index (χ1) is 7.36. The predicted octanol–water partition coefficient (Wildman–Crippen LogP) is 0.524. The number of hydrogen-bond donors (Lipinski definition) is 3. The maximum Gasteiger partial charge on any atom is 0.0815 e. The molecule has 16 heavy (non-hydrogen) atoms. The molecule has 0 bridgehead atoms. The molecule has 1 saturated heterocycles. The van der Waals surface area contributed by atoms with E-state index in [0.717, 1.165) is 0 Å². The molecule has 3 N–H and O–H groups in total. The van der Waals surface area contributed by atoms with Crippen molar-refractivity contribution >= 4 is 0 Å². The quantitative estimate of drug-likeness (QED) is 0.646. The van der Waals surface area contributed by atoms with Crippen LogP contribution in [0.4, 0.5) is 0 Å². The lowest BCUT2D eigenvalue weighted by molar-refractivity contribution is -0.0656. The third-order valence-electron chi connectivity index (χ3n) is 3.60. The summed E-state index contributed by atoms with van der Waals surface area (Å²) < 4.78 is 5.21. The molecule has 1 unspecified atom stereocenters. The van der Waals surface area contributed by atoms with Gasteiger partial charge in [-0.1, -0.05) is 13.8 Å². The van der Waals surface area contributed by atoms with Crippen molar-refractivity contribution in [3.63, 3.8) is 0 Å². The zero-order valence-corrected chi connectivity index (χ0v) is 10.6. The van der Waals surface area contributed by atoms with Gasteiger partial charge in [0.15, 0.2) is 0 Å². The van der Waals surface area contributed by atoms with Crippen LogP contribution in [0.3, 0.4) is 0 Å². The van der Waals surface area contributed by atoms with Crippen LogP contribution in [0.5, 0.6) is 0 Å². The summed E-state index contributed by atoms with van der Waals surface area (Å²) in [5.74, 6) is 0.198. The Balaban J connectivity index is 2.29. The highest BCUT2D eigenvalue weighted by molar-refractivity contribution is 4.86. The van der Waals surface area contributed by atoms with Crippen molar-refractivity contribution in [1.29, 1.82) is 0 Å². The zero-order chi connectivity index (χ0) is 12.2. The lowest BCUT2D eigenvalue weighted by Gasteiger charge is -2.34. The third kappa shape index (κ3) is 4.01. The molecule has 0 aromatic rings. The summed E-state index contributed by atoms with van der Waals surface area (Å²) in [6, 6.07) is 0. The average molecular weight is 231 g/mol. The Bertz CT molecular complexity index is 210. The van der Waals surface area contributed by atoms with Crippen LogP contribution < -0.4 is 5.32 Å². The first-order valence-electron chi connectivity index (χ1n) is 6.09. The van der Waals surface area contributed by atoms with Crippen molar-refractivity contribution in [2.75, 3.05) is 26.3 Å². The van der Waals surface area contributed by atoms with Crippen LogP contribution in [0.15, 0.2) is 0 Å². The predicted molar refractivity (Wildman–Crippen MR) is 63.3 cm³/mol. The molecule has 0 saturated carbocycles. The van der Waals surface area contributed by atoms with Crippen LogP contribution in [0.2, 0.25) is 0 Å². The summed E-state index contributed by atoms with van der Waals surface area (Å²) >= 11 is 0. The number of hydrogen-bond acceptors (Lipinski definition) is 4. The van der Waals surface area contributed by atoms with E-state index in [1.807, 2.05) is 20.8 Å². The van der Waals surface area contributed by atoms with Gasteiger partial charge in [-0.3, -0.25) is 0 Å². The highest BCUT2D eigenvalue weighted by Crippen LogP contribution is 2.20. The Hall–Kier alpha value is -0.160. The minimum absolute atomic E-state index is 0.198. The molecule has 0 spiro atoms. The Morgan fingerprint density at radius 2 is 1.94 bits per heavy atom. The normalized spacial score (nSPS) is 24.4. The molecule has 96 valence electrons. The summed E-state index contributed by atoms with van der Waals surface area (Å²) in [6.45, 7) is 8.08. The van der Waals surface area contributed by atoms with Crippen molar-refractivity contribution < 1.29 is 14.9 Å². The molecular weight excluding hydrogens is 206 g/mol. The molecule has 1 aliphatic rings. The maximum absolute atomic E-state index is 10.2. The summed E-state index contributed by atoms with van der Waals surface area (Å²) in [6.07, 6.45) is 1.34. The third-order valence-corrected chi connectivity index (χ3v) is 3.60. The minimum Gasteiger partial charge on any atom is -0.389 e. The van der Waals surface area contributed by atoms with Crippen molar-refractivity contribution in [3.05, 3.63) is 0 Å². The van der Waals surface area contributed by atoms with Gasteiger partial charge in [0, 0.05) is 39.1 Å². The van der Waals surface area contributed by atoms with Crippen LogP contribution in [0, 0.1) is 5.92 Å². The lowest BCUT2D eigenvalue weighted by Crippen LogP contribution is -2.50. The van der Waals surface area contributed by atoms with Gasteiger partial charge in [-0.05, 0) is 12.8 Å². The van der Waals surface area contributed by atoms with Crippen molar-refractivity contribution in [2.24, 2.45) is 5.92 Å². The van der Waals surface area contributed by atoms with E-state index in [2.05, 4.69) is 5.32 Å². The second kappa shape index (κ2) is 5.45. The molecular formula is C12H25NO3. The standard InChI is InChI=1S/C12H25NO3/c1-10(2)11(3,14)8-13-9-12(15)4-6-16-7-5-12/h10,13-15H,4-9H2,1-3H3. The highest BCUT2D eigenvalue weighted by atomic mass is 16.5. The SMILES string of the molecule is CC(C)C(C)(O)CNCC1(O)CCOCC1. The fourth-order valence-corrected chi connectivity index (χ4v) is 1.68. The molecule has 1 aliphatic heterocycles. The van der Waals surface area contributed by atoms with Crippen LogP contribution in [-0.2, 0) is 4.74 Å². The molecule has 0 radical (unpaired) electrons. The molecule has 4 heteroatoms. The van der Waals surface area contributed by atoms with E-state index >= 15 is 0 Å². The largest absolute Gasteiger partial charge is 0.389 e. The monoisotopic (exact) mass is 231 g/mol. The van der Waals surface area contributed by atoms with Gasteiger partial charge < -0.3 is 20.3 Å². The Morgan fingerprint density at radius 3 is 2.44 bits per heavy atom. The summed E-state index contributed by atoms with van der Waals surface area (Å²) in [5, 5.41) is 23.4. The fraction of sp³-hybridized carbons (Fsp3) is 1.00. The van der Waals surface area contributed by atoms with Gasteiger partial charge >= 0.3 is 0 Å². The zero-order valence-electron chi connectivity index (χ0n) is 10.6. The van der Waals surface area contributed by atoms with Gasteiger partial charge in [0.1, 0.15) is 0 Å². The maximum atomic E-state index is 10.2. The highest BCUT2D eigenvalue weighted by Gasteiger charge is 2.31. The Kier molecular flexibility index (Phi) is 4.73. The first-order valence-corrected chi connectivity index (χ1v) is 6.09. The molecule has 1 rings (SSSR count). The second-order valence-corrected chi connectivity index (χ2v) is 5.45. The van der Waals surface area contributed by atoms with Crippen molar-refractivity contribution in [2.45, 2.75) is 44.8 Å². The van der Waals surface area contributed by atoms with E-state index in [0.29, 0.717) is 39.1 Å². The van der Waals surface area contributed by atoms with Gasteiger partial charge in [0.05, 0.1) is 11.2 Å². The van der Waals surface area contributed by atoms with Crippen LogP contribution >= 0.6 is 0 Å². The molecule has 0 aromatic carbocycles. The number of nitrogens with one attached hydrogen (secondary N) is 1. The molecule has 0 aliphatic carbocycles. The van der Waals surface area contributed by atoms with E-state index < -0.39 is 11.2 Å². The first kappa shape index (κ1) is 13.9.